The maximum Gasteiger partial charge on any atom is 0.254 e. The van der Waals surface area contributed by atoms with Gasteiger partial charge in [-0.3, -0.25) is 9.59 Å². The quantitative estimate of drug-likeness (QED) is 0.298. The summed E-state index contributed by atoms with van der Waals surface area (Å²) in [5, 5.41) is 23.0. The molecule has 0 aliphatic carbocycles. The number of nitrogen functional groups attached to an aromatic ring is 1. The number of rotatable bonds is 4. The molecule has 0 aromatic heterocycles. The van der Waals surface area contributed by atoms with Crippen molar-refractivity contribution in [3.63, 3.8) is 0 Å². The van der Waals surface area contributed by atoms with Crippen LogP contribution in [0.25, 0.3) is 0 Å². The number of phenolic OH excluding ortho intramolecular Hbond substituents is 1. The smallest absolute Gasteiger partial charge is 0.254 e. The molecule has 2 atom stereocenters. The third-order valence-corrected chi connectivity index (χ3v) is 5.41. The van der Waals surface area contributed by atoms with Crippen molar-refractivity contribution in [2.24, 2.45) is 0 Å². The Morgan fingerprint density at radius 2 is 2.17 bits per heavy atom. The zero-order chi connectivity index (χ0) is 21.3. The van der Waals surface area contributed by atoms with Crippen LogP contribution in [-0.2, 0) is 9.59 Å². The molecular formula is C20H20FN4O3P. The predicted molar refractivity (Wildman–Crippen MR) is 113 cm³/mol. The summed E-state index contributed by atoms with van der Waals surface area (Å²) in [7, 11) is 2.42. The van der Waals surface area contributed by atoms with Crippen LogP contribution in [0.3, 0.4) is 0 Å². The average molecular weight is 414 g/mol. The molecule has 0 spiro atoms. The Bertz CT molecular complexity index is 1070. The fraction of sp³-hybridized carbons (Fsp3) is 0.150. The Morgan fingerprint density at radius 3 is 2.86 bits per heavy atom. The van der Waals surface area contributed by atoms with Gasteiger partial charge >= 0.3 is 0 Å². The summed E-state index contributed by atoms with van der Waals surface area (Å²) >= 11 is 0. The van der Waals surface area contributed by atoms with Gasteiger partial charge in [-0.2, -0.15) is 0 Å². The molecule has 9 heteroatoms. The van der Waals surface area contributed by atoms with E-state index in [1.807, 2.05) is 0 Å². The second-order valence-corrected chi connectivity index (χ2v) is 7.26. The lowest BCUT2D eigenvalue weighted by atomic mass is 9.83. The highest BCUT2D eigenvalue weighted by Gasteiger charge is 2.33. The molecule has 0 fully saturated rings. The first kappa shape index (κ1) is 20.5. The first-order valence-corrected chi connectivity index (χ1v) is 9.29. The fourth-order valence-electron chi connectivity index (χ4n) is 3.36. The number of nitrogens with one attached hydrogen (secondary N) is 3. The van der Waals surface area contributed by atoms with Crippen LogP contribution >= 0.6 is 9.24 Å². The molecule has 1 aliphatic heterocycles. The Balaban J connectivity index is 2.03. The third kappa shape index (κ3) is 3.98. The molecule has 29 heavy (non-hydrogen) atoms. The molecule has 2 aromatic rings. The minimum absolute atomic E-state index is 0.000907. The van der Waals surface area contributed by atoms with Crippen molar-refractivity contribution in [1.82, 2.24) is 5.32 Å². The van der Waals surface area contributed by atoms with E-state index in [4.69, 9.17) is 11.1 Å². The molecule has 0 saturated heterocycles. The first-order chi connectivity index (χ1) is 13.7. The molecule has 150 valence electrons. The number of halogens is 1. The lowest BCUT2D eigenvalue weighted by Gasteiger charge is -2.28. The van der Waals surface area contributed by atoms with E-state index in [0.29, 0.717) is 16.6 Å². The second kappa shape index (κ2) is 8.01. The lowest BCUT2D eigenvalue weighted by Crippen LogP contribution is -2.36. The van der Waals surface area contributed by atoms with Gasteiger partial charge in [0.05, 0.1) is 5.69 Å². The number of hydrogen-bond acceptors (Lipinski definition) is 5. The predicted octanol–water partition coefficient (Wildman–Crippen LogP) is 2.13. The van der Waals surface area contributed by atoms with Crippen LogP contribution in [-0.4, -0.2) is 23.1 Å². The van der Waals surface area contributed by atoms with Gasteiger partial charge in [-0.25, -0.2) is 4.39 Å². The molecule has 2 unspecified atom stereocenters. The Kier molecular flexibility index (Phi) is 5.66. The van der Waals surface area contributed by atoms with E-state index in [-0.39, 0.29) is 40.6 Å². The van der Waals surface area contributed by atoms with Gasteiger partial charge in [-0.15, -0.1) is 9.24 Å². The van der Waals surface area contributed by atoms with E-state index >= 15 is 0 Å². The summed E-state index contributed by atoms with van der Waals surface area (Å²) < 4.78 is 14.3. The molecule has 2 amide bonds. The highest BCUT2D eigenvalue weighted by atomic mass is 31.0. The summed E-state index contributed by atoms with van der Waals surface area (Å²) in [6.07, 6.45) is 0.965. The number of anilines is 2. The molecule has 0 bridgehead atoms. The summed E-state index contributed by atoms with van der Waals surface area (Å²) in [5.41, 5.74) is 7.09. The minimum Gasteiger partial charge on any atom is -0.507 e. The monoisotopic (exact) mass is 414 g/mol. The molecule has 6 N–H and O–H groups in total. The van der Waals surface area contributed by atoms with Crippen LogP contribution in [0.5, 0.6) is 5.75 Å². The topological polar surface area (TPSA) is 128 Å². The average Bonchev–Trinajstić information content (AvgIpc) is 2.65. The number of amides is 2. The van der Waals surface area contributed by atoms with Gasteiger partial charge in [0.2, 0.25) is 5.91 Å². The molecule has 0 saturated carbocycles. The van der Waals surface area contributed by atoms with Crippen LogP contribution < -0.4 is 21.7 Å². The van der Waals surface area contributed by atoms with Gasteiger partial charge in [0.25, 0.3) is 5.91 Å². The number of carbonyl (C=O) groups is 2. The van der Waals surface area contributed by atoms with Crippen LogP contribution in [0.4, 0.5) is 15.8 Å². The van der Waals surface area contributed by atoms with Crippen molar-refractivity contribution in [2.45, 2.75) is 19.3 Å². The molecule has 1 heterocycles. The van der Waals surface area contributed by atoms with Gasteiger partial charge in [0, 0.05) is 46.4 Å². The highest BCUT2D eigenvalue weighted by molar-refractivity contribution is 7.28. The van der Waals surface area contributed by atoms with E-state index < -0.39 is 17.6 Å². The van der Waals surface area contributed by atoms with Gasteiger partial charge in [-0.1, -0.05) is 12.1 Å². The minimum atomic E-state index is -0.736. The number of nitrogens with two attached hydrogens (primary N) is 1. The first-order valence-electron chi connectivity index (χ1n) is 8.71. The molecular weight excluding hydrogens is 394 g/mol. The summed E-state index contributed by atoms with van der Waals surface area (Å²) in [4.78, 5) is 25.2. The van der Waals surface area contributed by atoms with Crippen molar-refractivity contribution < 1.29 is 19.1 Å². The van der Waals surface area contributed by atoms with E-state index in [1.165, 1.54) is 12.1 Å². The maximum atomic E-state index is 14.3. The number of phenols is 1. The van der Waals surface area contributed by atoms with E-state index in [2.05, 4.69) is 19.9 Å². The number of aromatic hydroxyl groups is 1. The van der Waals surface area contributed by atoms with Gasteiger partial charge in [0.1, 0.15) is 11.6 Å². The molecule has 7 nitrogen and oxygen atoms in total. The van der Waals surface area contributed by atoms with Crippen molar-refractivity contribution >= 4 is 43.9 Å². The summed E-state index contributed by atoms with van der Waals surface area (Å²) in [5.74, 6) is -2.19. The van der Waals surface area contributed by atoms with Crippen LogP contribution in [0.1, 0.15) is 30.4 Å². The van der Waals surface area contributed by atoms with Crippen LogP contribution in [0.15, 0.2) is 41.6 Å². The summed E-state index contributed by atoms with van der Waals surface area (Å²) in [6.45, 7) is 1.59. The van der Waals surface area contributed by atoms with Crippen LogP contribution in [0.2, 0.25) is 0 Å². The van der Waals surface area contributed by atoms with E-state index in [1.54, 1.807) is 19.1 Å². The number of carbonyl (C=O) groups excluding carboxylic acids is 2. The standard InChI is InChI=1S/C20H20FN4O3P/c1-9-18(20(28)25-15-5-10(8-22)14(23)7-13(15)21)12(6-17(27)24-9)11-3-2-4-16(26)19(11)29/h2-5,7-8,12,22,26H,6,23,29H2,1H3,(H,24,27)(H,25,28). The third-order valence-electron chi connectivity index (χ3n) is 4.78. The largest absolute Gasteiger partial charge is 0.507 e. The fourth-order valence-corrected chi connectivity index (χ4v) is 3.75. The number of benzene rings is 2. The lowest BCUT2D eigenvalue weighted by molar-refractivity contribution is -0.121. The number of hydrogen-bond donors (Lipinski definition) is 5. The van der Waals surface area contributed by atoms with Crippen molar-refractivity contribution in [3.8, 4) is 5.75 Å². The Morgan fingerprint density at radius 1 is 1.45 bits per heavy atom. The van der Waals surface area contributed by atoms with Crippen molar-refractivity contribution in [3.05, 3.63) is 58.5 Å². The second-order valence-electron chi connectivity index (χ2n) is 6.68. The zero-order valence-electron chi connectivity index (χ0n) is 15.5. The summed E-state index contributed by atoms with van der Waals surface area (Å²) in [6, 6.07) is 7.17. The molecule has 2 aromatic carbocycles. The number of allylic oxidation sites excluding steroid dienone is 1. The Labute approximate surface area is 168 Å². The van der Waals surface area contributed by atoms with Gasteiger partial charge in [0.15, 0.2) is 0 Å². The Hall–Kier alpha value is -3.25. The van der Waals surface area contributed by atoms with E-state index in [9.17, 15) is 19.1 Å². The van der Waals surface area contributed by atoms with Crippen molar-refractivity contribution in [1.29, 1.82) is 5.41 Å². The normalized spacial score (nSPS) is 16.4. The molecule has 0 radical (unpaired) electrons. The van der Waals surface area contributed by atoms with E-state index in [0.717, 1.165) is 12.3 Å². The maximum absolute atomic E-state index is 14.3. The SMILES string of the molecule is CC1=C(C(=O)Nc2cc(C=N)c(N)cc2F)C(c2cccc(O)c2P)CC(=O)N1. The van der Waals surface area contributed by atoms with Crippen molar-refractivity contribution in [2.75, 3.05) is 11.1 Å². The van der Waals surface area contributed by atoms with Gasteiger partial charge in [-0.05, 0) is 30.7 Å². The van der Waals surface area contributed by atoms with Gasteiger partial charge < -0.3 is 26.9 Å². The molecule has 3 rings (SSSR count). The molecule has 1 aliphatic rings. The van der Waals surface area contributed by atoms with Crippen LogP contribution in [0, 0.1) is 11.2 Å². The zero-order valence-corrected chi connectivity index (χ0v) is 16.7. The highest BCUT2D eigenvalue weighted by Crippen LogP contribution is 2.35.